The third-order valence-corrected chi connectivity index (χ3v) is 7.13. The molecule has 1 amide bonds. The van der Waals surface area contributed by atoms with Gasteiger partial charge in [-0.1, -0.05) is 41.9 Å². The highest BCUT2D eigenvalue weighted by atomic mass is 35.5. The molecule has 0 saturated carbocycles. The van der Waals surface area contributed by atoms with Gasteiger partial charge >= 0.3 is 0 Å². The number of amides is 1. The lowest BCUT2D eigenvalue weighted by atomic mass is 10.0. The SMILES string of the molecule is Cc1cccc(N2CCN(C(=O)c3c[nH]n4c(=O)c(Cc5ccccc5Cl)c(C)nc34)CC2C)c1. The molecule has 1 aliphatic heterocycles. The van der Waals surface area contributed by atoms with Crippen LogP contribution in [-0.4, -0.2) is 51.1 Å². The van der Waals surface area contributed by atoms with Crippen molar-refractivity contribution in [3.05, 3.63) is 98.1 Å². The lowest BCUT2D eigenvalue weighted by Gasteiger charge is -2.41. The average molecular weight is 490 g/mol. The standard InChI is InChI=1S/C27H28ClN5O2/c1-17-7-6-9-21(13-17)32-12-11-31(16-18(32)2)26(34)23-15-29-33-25(23)30-19(3)22(27(33)35)14-20-8-4-5-10-24(20)28/h4-10,13,15,18,29H,11-12,14,16H2,1-3H3. The van der Waals surface area contributed by atoms with Crippen LogP contribution in [0.2, 0.25) is 5.02 Å². The highest BCUT2D eigenvalue weighted by Crippen LogP contribution is 2.24. The number of hydrogen-bond donors (Lipinski definition) is 1. The molecule has 3 heterocycles. The number of nitrogens with one attached hydrogen (secondary N) is 1. The first-order chi connectivity index (χ1) is 16.8. The molecule has 1 unspecified atom stereocenters. The van der Waals surface area contributed by atoms with Crippen molar-refractivity contribution in [3.8, 4) is 0 Å². The quantitative estimate of drug-likeness (QED) is 0.465. The van der Waals surface area contributed by atoms with E-state index in [1.54, 1.807) is 19.2 Å². The Labute approximate surface area is 208 Å². The van der Waals surface area contributed by atoms with Crippen molar-refractivity contribution in [2.75, 3.05) is 24.5 Å². The maximum absolute atomic E-state index is 13.5. The van der Waals surface area contributed by atoms with Crippen molar-refractivity contribution >= 4 is 28.8 Å². The molecular weight excluding hydrogens is 462 g/mol. The van der Waals surface area contributed by atoms with Crippen LogP contribution < -0.4 is 10.5 Å². The molecule has 1 aliphatic rings. The molecule has 1 saturated heterocycles. The summed E-state index contributed by atoms with van der Waals surface area (Å²) in [6.45, 7) is 7.96. The maximum Gasteiger partial charge on any atom is 0.276 e. The number of nitrogens with zero attached hydrogens (tertiary/aromatic N) is 4. The first kappa shape index (κ1) is 23.2. The van der Waals surface area contributed by atoms with Gasteiger partial charge in [-0.2, -0.15) is 0 Å². The van der Waals surface area contributed by atoms with E-state index in [1.807, 2.05) is 23.1 Å². The van der Waals surface area contributed by atoms with Crippen LogP contribution in [0, 0.1) is 13.8 Å². The zero-order valence-electron chi connectivity index (χ0n) is 20.1. The summed E-state index contributed by atoms with van der Waals surface area (Å²) < 4.78 is 1.36. The predicted molar refractivity (Wildman–Crippen MR) is 139 cm³/mol. The molecule has 0 radical (unpaired) electrons. The fourth-order valence-corrected chi connectivity index (χ4v) is 5.05. The molecule has 0 aliphatic carbocycles. The van der Waals surface area contributed by atoms with Crippen molar-refractivity contribution in [2.45, 2.75) is 33.2 Å². The molecule has 4 aromatic rings. The Morgan fingerprint density at radius 2 is 1.94 bits per heavy atom. The summed E-state index contributed by atoms with van der Waals surface area (Å²) in [4.78, 5) is 35.6. The van der Waals surface area contributed by atoms with E-state index in [0.29, 0.717) is 47.0 Å². The highest BCUT2D eigenvalue weighted by molar-refractivity contribution is 6.31. The molecule has 0 spiro atoms. The molecule has 35 heavy (non-hydrogen) atoms. The number of anilines is 1. The van der Waals surface area contributed by atoms with Crippen LogP contribution in [0.3, 0.4) is 0 Å². The maximum atomic E-state index is 13.5. The van der Waals surface area contributed by atoms with E-state index < -0.39 is 0 Å². The van der Waals surface area contributed by atoms with Gasteiger partial charge in [-0.05, 0) is 50.1 Å². The van der Waals surface area contributed by atoms with Crippen molar-refractivity contribution in [3.63, 3.8) is 0 Å². The summed E-state index contributed by atoms with van der Waals surface area (Å²) >= 11 is 6.31. The van der Waals surface area contributed by atoms with E-state index in [-0.39, 0.29) is 17.5 Å². The first-order valence-electron chi connectivity index (χ1n) is 11.8. The minimum atomic E-state index is -0.218. The van der Waals surface area contributed by atoms with Crippen molar-refractivity contribution in [1.82, 2.24) is 19.5 Å². The first-order valence-corrected chi connectivity index (χ1v) is 12.2. The Balaban J connectivity index is 1.40. The molecule has 0 bridgehead atoms. The molecule has 1 N–H and O–H groups in total. The van der Waals surface area contributed by atoms with Crippen molar-refractivity contribution in [1.29, 1.82) is 0 Å². The van der Waals surface area contributed by atoms with Crippen LogP contribution in [0.25, 0.3) is 5.65 Å². The van der Waals surface area contributed by atoms with Crippen LogP contribution in [0.4, 0.5) is 5.69 Å². The lowest BCUT2D eigenvalue weighted by Crippen LogP contribution is -2.53. The number of aromatic nitrogens is 3. The minimum Gasteiger partial charge on any atom is -0.365 e. The highest BCUT2D eigenvalue weighted by Gasteiger charge is 2.29. The fraction of sp³-hybridized carbons (Fsp3) is 0.296. The summed E-state index contributed by atoms with van der Waals surface area (Å²) in [5.74, 6) is -0.121. The number of hydrogen-bond acceptors (Lipinski definition) is 4. The number of carbonyl (C=O) groups excluding carboxylic acids is 1. The van der Waals surface area contributed by atoms with Gasteiger partial charge in [-0.15, -0.1) is 0 Å². The number of benzene rings is 2. The van der Waals surface area contributed by atoms with Crippen LogP contribution in [0.5, 0.6) is 0 Å². The molecular formula is C27H28ClN5O2. The van der Waals surface area contributed by atoms with Crippen molar-refractivity contribution < 1.29 is 4.79 Å². The number of aryl methyl sites for hydroxylation is 2. The van der Waals surface area contributed by atoms with Crippen LogP contribution in [-0.2, 0) is 6.42 Å². The molecule has 2 aromatic carbocycles. The molecule has 180 valence electrons. The number of halogens is 1. The number of piperazine rings is 1. The second kappa shape index (κ2) is 9.23. The Morgan fingerprint density at radius 3 is 2.69 bits per heavy atom. The summed E-state index contributed by atoms with van der Waals surface area (Å²) in [6.07, 6.45) is 1.96. The fourth-order valence-electron chi connectivity index (χ4n) is 4.85. The largest absolute Gasteiger partial charge is 0.365 e. The van der Waals surface area contributed by atoms with E-state index in [2.05, 4.69) is 53.1 Å². The smallest absolute Gasteiger partial charge is 0.276 e. The van der Waals surface area contributed by atoms with Crippen molar-refractivity contribution in [2.24, 2.45) is 0 Å². The molecule has 1 atom stereocenters. The van der Waals surface area contributed by atoms with Gasteiger partial charge in [0.2, 0.25) is 0 Å². The number of rotatable bonds is 4. The Kier molecular flexibility index (Phi) is 6.11. The van der Waals surface area contributed by atoms with Gasteiger partial charge in [0.05, 0.1) is 0 Å². The van der Waals surface area contributed by atoms with E-state index in [4.69, 9.17) is 11.6 Å². The lowest BCUT2D eigenvalue weighted by molar-refractivity contribution is 0.0728. The van der Waals surface area contributed by atoms with E-state index in [1.165, 1.54) is 15.8 Å². The number of H-pyrrole nitrogens is 1. The zero-order chi connectivity index (χ0) is 24.7. The van der Waals surface area contributed by atoms with Gasteiger partial charge in [0.15, 0.2) is 5.65 Å². The average Bonchev–Trinajstić information content (AvgIpc) is 3.26. The zero-order valence-corrected chi connectivity index (χ0v) is 20.8. The molecule has 2 aromatic heterocycles. The normalized spacial score (nSPS) is 16.2. The Morgan fingerprint density at radius 1 is 1.14 bits per heavy atom. The molecule has 5 rings (SSSR count). The van der Waals surface area contributed by atoms with Gasteiger partial charge in [-0.25, -0.2) is 9.50 Å². The topological polar surface area (TPSA) is 73.7 Å². The predicted octanol–water partition coefficient (Wildman–Crippen LogP) is 4.23. The summed E-state index contributed by atoms with van der Waals surface area (Å²) in [7, 11) is 0. The molecule has 1 fully saturated rings. The number of fused-ring (bicyclic) bond motifs is 1. The van der Waals surface area contributed by atoms with Gasteiger partial charge < -0.3 is 9.80 Å². The van der Waals surface area contributed by atoms with Crippen LogP contribution in [0.15, 0.2) is 59.5 Å². The summed E-state index contributed by atoms with van der Waals surface area (Å²) in [6, 6.07) is 16.1. The molecule has 8 heteroatoms. The molecule has 7 nitrogen and oxygen atoms in total. The van der Waals surface area contributed by atoms with E-state index in [0.717, 1.165) is 12.1 Å². The number of carbonyl (C=O) groups is 1. The Bertz CT molecular complexity index is 1470. The third kappa shape index (κ3) is 4.32. The monoisotopic (exact) mass is 489 g/mol. The second-order valence-corrected chi connectivity index (χ2v) is 9.64. The van der Waals surface area contributed by atoms with Gasteiger partial charge in [-0.3, -0.25) is 14.7 Å². The minimum absolute atomic E-state index is 0.121. The van der Waals surface area contributed by atoms with Gasteiger partial charge in [0.25, 0.3) is 11.5 Å². The van der Waals surface area contributed by atoms with E-state index >= 15 is 0 Å². The third-order valence-electron chi connectivity index (χ3n) is 6.77. The second-order valence-electron chi connectivity index (χ2n) is 9.23. The number of aromatic amines is 1. The van der Waals surface area contributed by atoms with E-state index in [9.17, 15) is 9.59 Å². The van der Waals surface area contributed by atoms with Crippen LogP contribution >= 0.6 is 11.6 Å². The summed E-state index contributed by atoms with van der Waals surface area (Å²) in [5.41, 5.74) is 4.95. The van der Waals surface area contributed by atoms with Crippen LogP contribution in [0.1, 0.15) is 39.7 Å². The van der Waals surface area contributed by atoms with Gasteiger partial charge in [0, 0.05) is 60.3 Å². The summed E-state index contributed by atoms with van der Waals surface area (Å²) in [5, 5.41) is 3.56. The van der Waals surface area contributed by atoms with Gasteiger partial charge in [0.1, 0.15) is 5.56 Å². The Hall–Kier alpha value is -3.58.